The van der Waals surface area contributed by atoms with Crippen LogP contribution < -0.4 is 0 Å². The van der Waals surface area contributed by atoms with Crippen molar-refractivity contribution >= 4 is 18.4 Å². The zero-order chi connectivity index (χ0) is 8.10. The summed E-state index contributed by atoms with van der Waals surface area (Å²) >= 11 is 0. The summed E-state index contributed by atoms with van der Waals surface area (Å²) in [5.74, 6) is -0.0445. The highest BCUT2D eigenvalue weighted by Crippen LogP contribution is 2.20. The molecule has 0 N–H and O–H groups in total. The van der Waals surface area contributed by atoms with Gasteiger partial charge in [-0.2, -0.15) is 0 Å². The molecular weight excluding hydrogens is 176 g/mol. The summed E-state index contributed by atoms with van der Waals surface area (Å²) in [6, 6.07) is 0. The molecule has 2 nitrogen and oxygen atoms in total. The number of carbonyl (C=O) groups is 1. The Morgan fingerprint density at radius 2 is 1.92 bits per heavy atom. The number of rotatable bonds is 2. The van der Waals surface area contributed by atoms with Crippen LogP contribution in [0.1, 0.15) is 45.4 Å². The van der Waals surface area contributed by atoms with Crippen molar-refractivity contribution in [3.8, 4) is 0 Å². The van der Waals surface area contributed by atoms with Crippen LogP contribution in [0.3, 0.4) is 0 Å². The van der Waals surface area contributed by atoms with Gasteiger partial charge in [-0.25, -0.2) is 0 Å². The van der Waals surface area contributed by atoms with Crippen LogP contribution >= 0.6 is 12.4 Å². The summed E-state index contributed by atoms with van der Waals surface area (Å²) in [5, 5.41) is 0. The monoisotopic (exact) mass is 192 g/mol. The van der Waals surface area contributed by atoms with Crippen molar-refractivity contribution in [2.75, 3.05) is 0 Å². The first-order chi connectivity index (χ1) is 5.33. The van der Waals surface area contributed by atoms with E-state index in [-0.39, 0.29) is 24.5 Å². The molecule has 3 heteroatoms. The number of halogens is 1. The summed E-state index contributed by atoms with van der Waals surface area (Å²) in [6.45, 7) is 1.84. The van der Waals surface area contributed by atoms with Crippen molar-refractivity contribution in [2.45, 2.75) is 51.6 Å². The Kier molecular flexibility index (Phi) is 6.17. The van der Waals surface area contributed by atoms with Gasteiger partial charge in [-0.1, -0.05) is 13.3 Å². The van der Waals surface area contributed by atoms with Crippen LogP contribution in [0.25, 0.3) is 0 Å². The average Bonchev–Trinajstić information content (AvgIpc) is 2.06. The van der Waals surface area contributed by atoms with Gasteiger partial charge in [0, 0.05) is 6.42 Å². The highest BCUT2D eigenvalue weighted by molar-refractivity contribution is 5.85. The van der Waals surface area contributed by atoms with Gasteiger partial charge in [-0.15, -0.1) is 12.4 Å². The van der Waals surface area contributed by atoms with Gasteiger partial charge in [0.2, 0.25) is 0 Å². The van der Waals surface area contributed by atoms with Crippen molar-refractivity contribution in [2.24, 2.45) is 0 Å². The maximum atomic E-state index is 10.9. The molecule has 0 aliphatic heterocycles. The molecule has 0 bridgehead atoms. The van der Waals surface area contributed by atoms with Crippen LogP contribution in [0.5, 0.6) is 0 Å². The molecule has 72 valence electrons. The number of carbonyl (C=O) groups excluding carboxylic acids is 1. The highest BCUT2D eigenvalue weighted by atomic mass is 35.5. The van der Waals surface area contributed by atoms with E-state index in [1.54, 1.807) is 0 Å². The van der Waals surface area contributed by atoms with Crippen LogP contribution in [0, 0.1) is 0 Å². The fraction of sp³-hybridized carbons (Fsp3) is 0.889. The van der Waals surface area contributed by atoms with E-state index in [4.69, 9.17) is 4.74 Å². The third kappa shape index (κ3) is 3.96. The fourth-order valence-electron chi connectivity index (χ4n) is 1.45. The first kappa shape index (κ1) is 11.8. The van der Waals surface area contributed by atoms with E-state index in [0.29, 0.717) is 6.42 Å². The summed E-state index contributed by atoms with van der Waals surface area (Å²) < 4.78 is 5.20. The maximum Gasteiger partial charge on any atom is 0.305 e. The van der Waals surface area contributed by atoms with E-state index in [9.17, 15) is 4.79 Å². The zero-order valence-corrected chi connectivity index (χ0v) is 8.36. The van der Waals surface area contributed by atoms with Crippen LogP contribution in [0.4, 0.5) is 0 Å². The Labute approximate surface area is 80.1 Å². The smallest absolute Gasteiger partial charge is 0.305 e. The van der Waals surface area contributed by atoms with Crippen molar-refractivity contribution in [3.63, 3.8) is 0 Å². The molecule has 1 aliphatic carbocycles. The van der Waals surface area contributed by atoms with E-state index < -0.39 is 0 Å². The maximum absolute atomic E-state index is 10.9. The lowest BCUT2D eigenvalue weighted by atomic mass is 9.98. The lowest BCUT2D eigenvalue weighted by Gasteiger charge is -2.21. The first-order valence-electron chi connectivity index (χ1n) is 4.52. The van der Waals surface area contributed by atoms with Crippen LogP contribution in [0.15, 0.2) is 0 Å². The normalized spacial score (nSPS) is 18.1. The molecule has 0 aromatic rings. The predicted molar refractivity (Wildman–Crippen MR) is 50.5 cm³/mol. The van der Waals surface area contributed by atoms with Gasteiger partial charge in [-0.05, 0) is 25.7 Å². The molecule has 0 heterocycles. The van der Waals surface area contributed by atoms with Gasteiger partial charge in [0.05, 0.1) is 0 Å². The lowest BCUT2D eigenvalue weighted by Crippen LogP contribution is -2.20. The second-order valence-corrected chi connectivity index (χ2v) is 3.10. The van der Waals surface area contributed by atoms with Crippen LogP contribution in [0.2, 0.25) is 0 Å². The van der Waals surface area contributed by atoms with Gasteiger partial charge in [-0.3, -0.25) is 4.79 Å². The topological polar surface area (TPSA) is 26.3 Å². The van der Waals surface area contributed by atoms with E-state index in [1.807, 2.05) is 6.92 Å². The van der Waals surface area contributed by atoms with Crippen molar-refractivity contribution in [3.05, 3.63) is 0 Å². The molecule has 1 fully saturated rings. The SMILES string of the molecule is CCC(=O)OC1CCCCC1.Cl. The zero-order valence-electron chi connectivity index (χ0n) is 7.54. The number of ether oxygens (including phenoxy) is 1. The van der Waals surface area contributed by atoms with Crippen molar-refractivity contribution in [1.29, 1.82) is 0 Å². The Bertz CT molecular complexity index is 130. The molecule has 0 radical (unpaired) electrons. The quantitative estimate of drug-likeness (QED) is 0.629. The molecule has 0 aromatic carbocycles. The van der Waals surface area contributed by atoms with Gasteiger partial charge in [0.25, 0.3) is 0 Å². The van der Waals surface area contributed by atoms with Gasteiger partial charge >= 0.3 is 5.97 Å². The van der Waals surface area contributed by atoms with Crippen LogP contribution in [-0.4, -0.2) is 12.1 Å². The molecule has 12 heavy (non-hydrogen) atoms. The summed E-state index contributed by atoms with van der Waals surface area (Å²) in [6.07, 6.45) is 6.65. The fourth-order valence-corrected chi connectivity index (χ4v) is 1.45. The third-order valence-corrected chi connectivity index (χ3v) is 2.14. The molecule has 0 saturated heterocycles. The lowest BCUT2D eigenvalue weighted by molar-refractivity contribution is -0.150. The molecule has 1 rings (SSSR count). The van der Waals surface area contributed by atoms with Crippen LogP contribution in [-0.2, 0) is 9.53 Å². The Hall–Kier alpha value is -0.240. The number of hydrogen-bond donors (Lipinski definition) is 0. The molecule has 1 aliphatic rings. The summed E-state index contributed by atoms with van der Waals surface area (Å²) in [5.41, 5.74) is 0. The van der Waals surface area contributed by atoms with E-state index >= 15 is 0 Å². The van der Waals surface area contributed by atoms with Crippen molar-refractivity contribution in [1.82, 2.24) is 0 Å². The minimum Gasteiger partial charge on any atom is -0.462 e. The molecule has 0 spiro atoms. The molecular formula is C9H17ClO2. The Morgan fingerprint density at radius 1 is 1.33 bits per heavy atom. The molecule has 0 aromatic heterocycles. The Morgan fingerprint density at radius 3 is 2.42 bits per heavy atom. The van der Waals surface area contributed by atoms with E-state index in [1.165, 1.54) is 19.3 Å². The summed E-state index contributed by atoms with van der Waals surface area (Å²) in [7, 11) is 0. The second kappa shape index (κ2) is 6.30. The largest absolute Gasteiger partial charge is 0.462 e. The Balaban J connectivity index is 0.00000121. The average molecular weight is 193 g/mol. The molecule has 0 amide bonds. The third-order valence-electron chi connectivity index (χ3n) is 2.14. The standard InChI is InChI=1S/C9H16O2.ClH/c1-2-9(10)11-8-6-4-3-5-7-8;/h8H,2-7H2,1H3;1H. The van der Waals surface area contributed by atoms with E-state index in [2.05, 4.69) is 0 Å². The number of esters is 1. The van der Waals surface area contributed by atoms with Gasteiger partial charge in [0.15, 0.2) is 0 Å². The first-order valence-corrected chi connectivity index (χ1v) is 4.52. The van der Waals surface area contributed by atoms with Crippen molar-refractivity contribution < 1.29 is 9.53 Å². The molecule has 0 unspecified atom stereocenters. The van der Waals surface area contributed by atoms with Gasteiger partial charge in [0.1, 0.15) is 6.10 Å². The van der Waals surface area contributed by atoms with Gasteiger partial charge < -0.3 is 4.74 Å². The minimum absolute atomic E-state index is 0. The second-order valence-electron chi connectivity index (χ2n) is 3.10. The highest BCUT2D eigenvalue weighted by Gasteiger charge is 2.16. The number of hydrogen-bond acceptors (Lipinski definition) is 2. The van der Waals surface area contributed by atoms with E-state index in [0.717, 1.165) is 12.8 Å². The predicted octanol–water partition coefficient (Wildman–Crippen LogP) is 2.69. The molecule has 0 atom stereocenters. The molecule has 1 saturated carbocycles. The minimum atomic E-state index is -0.0445. The summed E-state index contributed by atoms with van der Waals surface area (Å²) in [4.78, 5) is 10.9.